The maximum absolute atomic E-state index is 12.4. The zero-order chi connectivity index (χ0) is 18.2. The van der Waals surface area contributed by atoms with Gasteiger partial charge in [-0.3, -0.25) is 14.4 Å². The molecule has 1 N–H and O–H groups in total. The first kappa shape index (κ1) is 18.8. The van der Waals surface area contributed by atoms with E-state index < -0.39 is 11.8 Å². The van der Waals surface area contributed by atoms with Crippen molar-refractivity contribution in [2.45, 2.75) is 26.7 Å². The summed E-state index contributed by atoms with van der Waals surface area (Å²) in [7, 11) is 0. The zero-order valence-corrected chi connectivity index (χ0v) is 14.6. The number of esters is 1. The van der Waals surface area contributed by atoms with Gasteiger partial charge in [-0.15, -0.1) is 0 Å². The number of piperidine rings is 1. The number of benzene rings is 1. The van der Waals surface area contributed by atoms with Crippen molar-refractivity contribution in [1.29, 1.82) is 0 Å². The highest BCUT2D eigenvalue weighted by Gasteiger charge is 2.32. The van der Waals surface area contributed by atoms with E-state index in [0.29, 0.717) is 44.0 Å². The average Bonchev–Trinajstić information content (AvgIpc) is 2.63. The normalized spacial score (nSPS) is 16.9. The number of amides is 2. The number of hydrogen-bond donors (Lipinski definition) is 1. The number of hydrogen-bond acceptors (Lipinski definition) is 5. The molecule has 1 aliphatic heterocycles. The summed E-state index contributed by atoms with van der Waals surface area (Å²) < 4.78 is 10.5. The molecule has 1 saturated heterocycles. The van der Waals surface area contributed by atoms with Gasteiger partial charge in [0.15, 0.2) is 0 Å². The Bertz CT molecular complexity index is 632. The highest BCUT2D eigenvalue weighted by Crippen LogP contribution is 2.24. The minimum Gasteiger partial charge on any atom is -0.492 e. The summed E-state index contributed by atoms with van der Waals surface area (Å²) in [4.78, 5) is 38.0. The minimum absolute atomic E-state index is 0.207. The summed E-state index contributed by atoms with van der Waals surface area (Å²) in [5, 5.41) is 2.59. The molecule has 0 radical (unpaired) electrons. The molecule has 0 bridgehead atoms. The van der Waals surface area contributed by atoms with Gasteiger partial charge in [-0.05, 0) is 38.8 Å². The van der Waals surface area contributed by atoms with Crippen LogP contribution in [0.1, 0.15) is 26.7 Å². The van der Waals surface area contributed by atoms with Crippen LogP contribution in [-0.2, 0) is 19.1 Å². The number of para-hydroxylation sites is 2. The Balaban J connectivity index is 2.00. The monoisotopic (exact) mass is 348 g/mol. The van der Waals surface area contributed by atoms with Crippen molar-refractivity contribution in [2.24, 2.45) is 5.92 Å². The quantitative estimate of drug-likeness (QED) is 0.648. The Kier molecular flexibility index (Phi) is 6.80. The molecule has 25 heavy (non-hydrogen) atoms. The van der Waals surface area contributed by atoms with Crippen LogP contribution in [-0.4, -0.2) is 49.0 Å². The zero-order valence-electron chi connectivity index (χ0n) is 14.6. The molecular weight excluding hydrogens is 324 g/mol. The van der Waals surface area contributed by atoms with Crippen LogP contribution in [0.3, 0.4) is 0 Å². The van der Waals surface area contributed by atoms with Crippen LogP contribution in [0.4, 0.5) is 5.69 Å². The molecule has 2 amide bonds. The third-order valence-corrected chi connectivity index (χ3v) is 3.96. The molecule has 0 aromatic heterocycles. The molecule has 1 unspecified atom stereocenters. The predicted molar refractivity (Wildman–Crippen MR) is 92.2 cm³/mol. The van der Waals surface area contributed by atoms with Gasteiger partial charge in [0.05, 0.1) is 24.8 Å². The Hall–Kier alpha value is -2.57. The van der Waals surface area contributed by atoms with Crippen molar-refractivity contribution >= 4 is 23.5 Å². The van der Waals surface area contributed by atoms with E-state index in [1.165, 1.54) is 4.90 Å². The first-order chi connectivity index (χ1) is 12.1. The molecule has 2 rings (SSSR count). The van der Waals surface area contributed by atoms with Crippen LogP contribution in [0.2, 0.25) is 0 Å². The third-order valence-electron chi connectivity index (χ3n) is 3.96. The number of anilines is 1. The smallest absolute Gasteiger partial charge is 0.314 e. The summed E-state index contributed by atoms with van der Waals surface area (Å²) in [5.74, 6) is -1.57. The summed E-state index contributed by atoms with van der Waals surface area (Å²) >= 11 is 0. The average molecular weight is 348 g/mol. The molecule has 0 spiro atoms. The van der Waals surface area contributed by atoms with Crippen LogP contribution < -0.4 is 10.1 Å². The van der Waals surface area contributed by atoms with Crippen LogP contribution in [0.5, 0.6) is 5.75 Å². The first-order valence-corrected chi connectivity index (χ1v) is 8.55. The number of nitrogens with zero attached hydrogens (tertiary/aromatic N) is 1. The second-order valence-electron chi connectivity index (χ2n) is 5.73. The highest BCUT2D eigenvalue weighted by atomic mass is 16.5. The molecule has 0 aliphatic carbocycles. The number of nitrogens with one attached hydrogen (secondary N) is 1. The van der Waals surface area contributed by atoms with Crippen LogP contribution in [0, 0.1) is 5.92 Å². The van der Waals surface area contributed by atoms with Gasteiger partial charge in [-0.1, -0.05) is 12.1 Å². The van der Waals surface area contributed by atoms with Gasteiger partial charge in [-0.25, -0.2) is 0 Å². The number of likely N-dealkylation sites (tertiary alicyclic amines) is 1. The summed E-state index contributed by atoms with van der Waals surface area (Å²) in [5.41, 5.74) is 0.446. The molecular formula is C18H24N2O5. The first-order valence-electron chi connectivity index (χ1n) is 8.55. The van der Waals surface area contributed by atoms with Crippen molar-refractivity contribution in [1.82, 2.24) is 4.90 Å². The van der Waals surface area contributed by atoms with Gasteiger partial charge in [0.25, 0.3) is 0 Å². The molecule has 7 nitrogen and oxygen atoms in total. The number of carbonyl (C=O) groups is 3. The van der Waals surface area contributed by atoms with Crippen molar-refractivity contribution in [2.75, 3.05) is 31.6 Å². The molecule has 1 atom stereocenters. The van der Waals surface area contributed by atoms with E-state index in [0.717, 1.165) is 0 Å². The predicted octanol–water partition coefficient (Wildman–Crippen LogP) is 1.83. The minimum atomic E-state index is -0.739. The van der Waals surface area contributed by atoms with E-state index >= 15 is 0 Å². The molecule has 1 aliphatic rings. The molecule has 7 heteroatoms. The summed E-state index contributed by atoms with van der Waals surface area (Å²) in [6.07, 6.45) is 1.33. The lowest BCUT2D eigenvalue weighted by atomic mass is 9.98. The molecule has 0 saturated carbocycles. The molecule has 1 aromatic rings. The van der Waals surface area contributed by atoms with Gasteiger partial charge in [0.1, 0.15) is 5.75 Å². The largest absolute Gasteiger partial charge is 0.492 e. The van der Waals surface area contributed by atoms with Crippen molar-refractivity contribution < 1.29 is 23.9 Å². The van der Waals surface area contributed by atoms with Gasteiger partial charge >= 0.3 is 17.8 Å². The van der Waals surface area contributed by atoms with E-state index in [4.69, 9.17) is 9.47 Å². The highest BCUT2D eigenvalue weighted by molar-refractivity contribution is 6.39. The molecule has 136 valence electrons. The number of ether oxygens (including phenoxy) is 2. The van der Waals surface area contributed by atoms with Crippen molar-refractivity contribution in [3.63, 3.8) is 0 Å². The van der Waals surface area contributed by atoms with Gasteiger partial charge in [0, 0.05) is 13.1 Å². The third kappa shape index (κ3) is 4.95. The Labute approximate surface area is 147 Å². The van der Waals surface area contributed by atoms with E-state index in [-0.39, 0.29) is 18.4 Å². The number of rotatable bonds is 5. The van der Waals surface area contributed by atoms with E-state index in [9.17, 15) is 14.4 Å². The fourth-order valence-electron chi connectivity index (χ4n) is 2.78. The van der Waals surface area contributed by atoms with E-state index in [2.05, 4.69) is 5.32 Å². The van der Waals surface area contributed by atoms with E-state index in [1.54, 1.807) is 31.2 Å². The van der Waals surface area contributed by atoms with Gasteiger partial charge < -0.3 is 19.7 Å². The lowest BCUT2D eigenvalue weighted by molar-refractivity contribution is -0.153. The SMILES string of the molecule is CCOC(=O)C1CCCN(C(=O)C(=O)Nc2ccccc2OCC)C1. The molecule has 1 fully saturated rings. The summed E-state index contributed by atoms with van der Waals surface area (Å²) in [6, 6.07) is 6.94. The fraction of sp³-hybridized carbons (Fsp3) is 0.500. The second kappa shape index (κ2) is 9.05. The van der Waals surface area contributed by atoms with E-state index in [1.807, 2.05) is 6.92 Å². The van der Waals surface area contributed by atoms with Crippen molar-refractivity contribution in [3.05, 3.63) is 24.3 Å². The maximum Gasteiger partial charge on any atom is 0.314 e. The van der Waals surface area contributed by atoms with Gasteiger partial charge in [0.2, 0.25) is 0 Å². The standard InChI is InChI=1S/C18H24N2O5/c1-3-24-15-10-6-5-9-14(15)19-16(21)17(22)20-11-7-8-13(12-20)18(23)25-4-2/h5-6,9-10,13H,3-4,7-8,11-12H2,1-2H3,(H,19,21). The van der Waals surface area contributed by atoms with Crippen molar-refractivity contribution in [3.8, 4) is 5.75 Å². The van der Waals surface area contributed by atoms with Crippen LogP contribution in [0.15, 0.2) is 24.3 Å². The van der Waals surface area contributed by atoms with Crippen LogP contribution >= 0.6 is 0 Å². The fourth-order valence-corrected chi connectivity index (χ4v) is 2.78. The lowest BCUT2D eigenvalue weighted by Gasteiger charge is -2.31. The Morgan fingerprint density at radius 2 is 1.96 bits per heavy atom. The van der Waals surface area contributed by atoms with Crippen LogP contribution in [0.25, 0.3) is 0 Å². The maximum atomic E-state index is 12.4. The van der Waals surface area contributed by atoms with Gasteiger partial charge in [-0.2, -0.15) is 0 Å². The molecule has 1 heterocycles. The Morgan fingerprint density at radius 3 is 2.68 bits per heavy atom. The lowest BCUT2D eigenvalue weighted by Crippen LogP contribution is -2.47. The second-order valence-corrected chi connectivity index (χ2v) is 5.73. The number of carbonyl (C=O) groups excluding carboxylic acids is 3. The summed E-state index contributed by atoms with van der Waals surface area (Å²) in [6.45, 7) is 5.00. The topological polar surface area (TPSA) is 84.9 Å². The Morgan fingerprint density at radius 1 is 1.20 bits per heavy atom. The molecule has 1 aromatic carbocycles.